The van der Waals surface area contributed by atoms with Crippen LogP contribution in [-0.4, -0.2) is 4.98 Å². The summed E-state index contributed by atoms with van der Waals surface area (Å²) < 4.78 is 0. The minimum atomic E-state index is -0.229. The van der Waals surface area contributed by atoms with E-state index >= 15 is 0 Å². The minimum Gasteiger partial charge on any atom is -0.318 e. The Morgan fingerprint density at radius 2 is 2.19 bits per heavy atom. The quantitative estimate of drug-likeness (QED) is 0.889. The van der Waals surface area contributed by atoms with Gasteiger partial charge in [0.25, 0.3) is 0 Å². The molecule has 0 amide bonds. The second-order valence-corrected chi connectivity index (χ2v) is 5.18. The van der Waals surface area contributed by atoms with Gasteiger partial charge in [0.1, 0.15) is 0 Å². The highest BCUT2D eigenvalue weighted by Crippen LogP contribution is 2.31. The number of hydrogen-bond acceptors (Lipinski definition) is 3. The largest absolute Gasteiger partial charge is 0.318 e. The van der Waals surface area contributed by atoms with Gasteiger partial charge in [0.2, 0.25) is 0 Å². The Balaban J connectivity index is 2.41. The van der Waals surface area contributed by atoms with E-state index in [-0.39, 0.29) is 6.04 Å². The standard InChI is InChI=1S/C12H13ClN2S/c1-7-5-8(2)11(15-6-7)10(14)12-9(13)3-4-16-12/h3-6,10H,14H2,1-2H3. The molecule has 2 heterocycles. The van der Waals surface area contributed by atoms with Gasteiger partial charge in [-0.15, -0.1) is 11.3 Å². The molecule has 2 aromatic heterocycles. The van der Waals surface area contributed by atoms with Gasteiger partial charge in [0.05, 0.1) is 16.8 Å². The molecule has 2 rings (SSSR count). The lowest BCUT2D eigenvalue weighted by atomic mass is 10.1. The van der Waals surface area contributed by atoms with Crippen molar-refractivity contribution in [3.63, 3.8) is 0 Å². The fourth-order valence-electron chi connectivity index (χ4n) is 1.70. The van der Waals surface area contributed by atoms with Gasteiger partial charge in [-0.05, 0) is 36.4 Å². The van der Waals surface area contributed by atoms with Crippen LogP contribution in [0.25, 0.3) is 0 Å². The molecule has 4 heteroatoms. The predicted octanol–water partition coefficient (Wildman–Crippen LogP) is 3.46. The fraction of sp³-hybridized carbons (Fsp3) is 0.250. The monoisotopic (exact) mass is 252 g/mol. The molecular formula is C12H13ClN2S. The van der Waals surface area contributed by atoms with Crippen LogP contribution in [0.2, 0.25) is 5.02 Å². The zero-order valence-electron chi connectivity index (χ0n) is 9.20. The summed E-state index contributed by atoms with van der Waals surface area (Å²) in [5.74, 6) is 0. The predicted molar refractivity (Wildman–Crippen MR) is 69.1 cm³/mol. The highest BCUT2D eigenvalue weighted by Gasteiger charge is 2.17. The van der Waals surface area contributed by atoms with Crippen molar-refractivity contribution in [2.75, 3.05) is 0 Å². The number of aryl methyl sites for hydroxylation is 2. The Labute approximate surface area is 104 Å². The van der Waals surface area contributed by atoms with E-state index in [1.54, 1.807) is 11.3 Å². The van der Waals surface area contributed by atoms with E-state index in [0.29, 0.717) is 0 Å². The normalized spacial score (nSPS) is 12.8. The molecule has 0 aromatic carbocycles. The van der Waals surface area contributed by atoms with E-state index < -0.39 is 0 Å². The third kappa shape index (κ3) is 2.12. The number of aromatic nitrogens is 1. The lowest BCUT2D eigenvalue weighted by Gasteiger charge is -2.13. The molecule has 2 aromatic rings. The average Bonchev–Trinajstić information content (AvgIpc) is 2.63. The van der Waals surface area contributed by atoms with Crippen LogP contribution in [0.1, 0.15) is 27.7 Å². The van der Waals surface area contributed by atoms with Gasteiger partial charge in [0, 0.05) is 11.1 Å². The van der Waals surface area contributed by atoms with Crippen LogP contribution in [0.15, 0.2) is 23.7 Å². The molecule has 0 saturated heterocycles. The van der Waals surface area contributed by atoms with Crippen LogP contribution >= 0.6 is 22.9 Å². The van der Waals surface area contributed by atoms with Gasteiger partial charge >= 0.3 is 0 Å². The molecule has 0 bridgehead atoms. The van der Waals surface area contributed by atoms with E-state index in [4.69, 9.17) is 17.3 Å². The smallest absolute Gasteiger partial charge is 0.0837 e. The number of nitrogens with two attached hydrogens (primary N) is 1. The van der Waals surface area contributed by atoms with Crippen molar-refractivity contribution < 1.29 is 0 Å². The van der Waals surface area contributed by atoms with Crippen LogP contribution in [0, 0.1) is 13.8 Å². The van der Waals surface area contributed by atoms with E-state index in [1.807, 2.05) is 31.5 Å². The molecule has 0 aliphatic carbocycles. The highest BCUT2D eigenvalue weighted by molar-refractivity contribution is 7.10. The van der Waals surface area contributed by atoms with Crippen molar-refractivity contribution in [3.8, 4) is 0 Å². The SMILES string of the molecule is Cc1cnc(C(N)c2sccc2Cl)c(C)c1. The molecule has 1 unspecified atom stereocenters. The Hall–Kier alpha value is -0.900. The summed E-state index contributed by atoms with van der Waals surface area (Å²) in [5.41, 5.74) is 9.33. The van der Waals surface area contributed by atoms with Gasteiger partial charge in [-0.1, -0.05) is 17.7 Å². The Morgan fingerprint density at radius 3 is 2.75 bits per heavy atom. The number of pyridine rings is 1. The molecule has 2 N–H and O–H groups in total. The summed E-state index contributed by atoms with van der Waals surface area (Å²) in [7, 11) is 0. The van der Waals surface area contributed by atoms with E-state index in [1.165, 1.54) is 0 Å². The third-order valence-corrected chi connectivity index (χ3v) is 3.92. The second kappa shape index (κ2) is 4.53. The van der Waals surface area contributed by atoms with Crippen molar-refractivity contribution in [2.24, 2.45) is 5.73 Å². The minimum absolute atomic E-state index is 0.229. The topological polar surface area (TPSA) is 38.9 Å². The average molecular weight is 253 g/mol. The number of rotatable bonds is 2. The first-order valence-corrected chi connectivity index (χ1v) is 6.27. The molecule has 0 radical (unpaired) electrons. The Kier molecular flexibility index (Phi) is 3.28. The number of hydrogen-bond donors (Lipinski definition) is 1. The van der Waals surface area contributed by atoms with Crippen LogP contribution in [0.4, 0.5) is 0 Å². The number of nitrogens with zero attached hydrogens (tertiary/aromatic N) is 1. The molecular weight excluding hydrogens is 240 g/mol. The summed E-state index contributed by atoms with van der Waals surface area (Å²) in [6.07, 6.45) is 1.84. The molecule has 84 valence electrons. The molecule has 1 atom stereocenters. The van der Waals surface area contributed by atoms with Gasteiger partial charge in [-0.3, -0.25) is 4.98 Å². The van der Waals surface area contributed by atoms with Crippen molar-refractivity contribution in [2.45, 2.75) is 19.9 Å². The first-order valence-electron chi connectivity index (χ1n) is 5.01. The Bertz CT molecular complexity index is 507. The van der Waals surface area contributed by atoms with Crippen molar-refractivity contribution in [1.82, 2.24) is 4.98 Å². The second-order valence-electron chi connectivity index (χ2n) is 3.83. The zero-order valence-corrected chi connectivity index (χ0v) is 10.8. The molecule has 16 heavy (non-hydrogen) atoms. The first kappa shape index (κ1) is 11.6. The molecule has 0 fully saturated rings. The fourth-order valence-corrected chi connectivity index (χ4v) is 2.88. The third-order valence-electron chi connectivity index (χ3n) is 2.48. The van der Waals surface area contributed by atoms with Crippen molar-refractivity contribution >= 4 is 22.9 Å². The molecule has 0 spiro atoms. The zero-order chi connectivity index (χ0) is 11.7. The highest BCUT2D eigenvalue weighted by atomic mass is 35.5. The van der Waals surface area contributed by atoms with Gasteiger partial charge in [0.15, 0.2) is 0 Å². The molecule has 0 saturated carbocycles. The lowest BCUT2D eigenvalue weighted by Crippen LogP contribution is -2.14. The Morgan fingerprint density at radius 1 is 1.44 bits per heavy atom. The van der Waals surface area contributed by atoms with Crippen LogP contribution in [-0.2, 0) is 0 Å². The summed E-state index contributed by atoms with van der Waals surface area (Å²) in [4.78, 5) is 5.37. The van der Waals surface area contributed by atoms with Crippen LogP contribution in [0.3, 0.4) is 0 Å². The van der Waals surface area contributed by atoms with E-state index in [2.05, 4.69) is 11.1 Å². The van der Waals surface area contributed by atoms with Gasteiger partial charge in [-0.2, -0.15) is 0 Å². The summed E-state index contributed by atoms with van der Waals surface area (Å²) in [5, 5.41) is 2.67. The number of halogens is 1. The molecule has 2 nitrogen and oxygen atoms in total. The maximum Gasteiger partial charge on any atom is 0.0837 e. The lowest BCUT2D eigenvalue weighted by molar-refractivity contribution is 0.832. The van der Waals surface area contributed by atoms with Crippen molar-refractivity contribution in [1.29, 1.82) is 0 Å². The maximum absolute atomic E-state index is 6.18. The van der Waals surface area contributed by atoms with Gasteiger partial charge < -0.3 is 5.73 Å². The number of thiophene rings is 1. The first-order chi connectivity index (χ1) is 7.59. The van der Waals surface area contributed by atoms with Crippen LogP contribution < -0.4 is 5.73 Å². The van der Waals surface area contributed by atoms with E-state index in [0.717, 1.165) is 26.7 Å². The summed E-state index contributed by atoms with van der Waals surface area (Å²) >= 11 is 7.64. The summed E-state index contributed by atoms with van der Waals surface area (Å²) in [6, 6.07) is 3.72. The van der Waals surface area contributed by atoms with E-state index in [9.17, 15) is 0 Å². The summed E-state index contributed by atoms with van der Waals surface area (Å²) in [6.45, 7) is 4.05. The van der Waals surface area contributed by atoms with Crippen molar-refractivity contribution in [3.05, 3.63) is 50.4 Å². The molecule has 0 aliphatic heterocycles. The van der Waals surface area contributed by atoms with Crippen LogP contribution in [0.5, 0.6) is 0 Å². The van der Waals surface area contributed by atoms with Gasteiger partial charge in [-0.25, -0.2) is 0 Å². The molecule has 0 aliphatic rings. The maximum atomic E-state index is 6.18.